The van der Waals surface area contributed by atoms with Crippen molar-refractivity contribution >= 4 is 60.8 Å². The smallest absolute Gasteiger partial charge is 0.143 e. The second-order valence-corrected chi connectivity index (χ2v) is 14.5. The van der Waals surface area contributed by atoms with Gasteiger partial charge < -0.3 is 13.9 Å². The zero-order chi connectivity index (χ0) is 37.7. The third-order valence-electron chi connectivity index (χ3n) is 11.2. The number of furan rings is 1. The Morgan fingerprint density at radius 1 is 0.351 bits per heavy atom. The average molecular weight is 729 g/mol. The van der Waals surface area contributed by atoms with Gasteiger partial charge in [-0.25, -0.2) is 0 Å². The molecule has 2 aromatic heterocycles. The summed E-state index contributed by atoms with van der Waals surface area (Å²) in [5.41, 5.74) is 15.2. The molecule has 2 heterocycles. The van der Waals surface area contributed by atoms with Crippen LogP contribution in [0.5, 0.6) is 0 Å². The van der Waals surface area contributed by atoms with E-state index in [-0.39, 0.29) is 0 Å². The minimum absolute atomic E-state index is 0.895. The van der Waals surface area contributed by atoms with Gasteiger partial charge in [-0.3, -0.25) is 0 Å². The van der Waals surface area contributed by atoms with Crippen LogP contribution in [0.1, 0.15) is 0 Å². The molecule has 11 aromatic rings. The number of benzene rings is 9. The van der Waals surface area contributed by atoms with E-state index in [4.69, 9.17) is 4.42 Å². The number of para-hydroxylation sites is 5. The Bertz CT molecular complexity index is 3230. The lowest BCUT2D eigenvalue weighted by Gasteiger charge is -2.30. The topological polar surface area (TPSA) is 21.3 Å². The molecule has 57 heavy (non-hydrogen) atoms. The van der Waals surface area contributed by atoms with Crippen molar-refractivity contribution in [3.63, 3.8) is 0 Å². The first kappa shape index (κ1) is 32.8. The van der Waals surface area contributed by atoms with Crippen LogP contribution in [-0.2, 0) is 0 Å². The molecule has 9 aromatic carbocycles. The van der Waals surface area contributed by atoms with E-state index in [1.54, 1.807) is 0 Å². The number of rotatable bonds is 7. The van der Waals surface area contributed by atoms with Crippen LogP contribution in [0.4, 0.5) is 17.1 Å². The lowest BCUT2D eigenvalue weighted by atomic mass is 9.94. The van der Waals surface area contributed by atoms with Crippen LogP contribution in [0.2, 0.25) is 0 Å². The number of anilines is 3. The fraction of sp³-hybridized carbons (Fsp3) is 0. The summed E-state index contributed by atoms with van der Waals surface area (Å²) in [6.07, 6.45) is 0. The first-order valence-corrected chi connectivity index (χ1v) is 19.4. The molecule has 0 aliphatic carbocycles. The second-order valence-electron chi connectivity index (χ2n) is 14.5. The number of nitrogens with zero attached hydrogens (tertiary/aromatic N) is 2. The van der Waals surface area contributed by atoms with E-state index in [2.05, 4.69) is 216 Å². The largest absolute Gasteiger partial charge is 0.455 e. The molecule has 0 aliphatic rings. The number of aromatic nitrogens is 1. The van der Waals surface area contributed by atoms with E-state index >= 15 is 0 Å². The molecule has 0 spiro atoms. The van der Waals surface area contributed by atoms with Crippen molar-refractivity contribution in [3.8, 4) is 39.1 Å². The van der Waals surface area contributed by atoms with Gasteiger partial charge in [0.1, 0.15) is 11.2 Å². The predicted octanol–water partition coefficient (Wildman–Crippen LogP) is 15.2. The van der Waals surface area contributed by atoms with Crippen molar-refractivity contribution in [2.24, 2.45) is 0 Å². The highest BCUT2D eigenvalue weighted by Crippen LogP contribution is 2.48. The molecule has 3 nitrogen and oxygen atoms in total. The molecular formula is C54H36N2O. The Morgan fingerprint density at radius 3 is 1.75 bits per heavy atom. The lowest BCUT2D eigenvalue weighted by molar-refractivity contribution is 0.670. The fourth-order valence-corrected chi connectivity index (χ4v) is 8.61. The van der Waals surface area contributed by atoms with E-state index < -0.39 is 0 Å². The van der Waals surface area contributed by atoms with E-state index in [1.807, 2.05) is 12.1 Å². The van der Waals surface area contributed by atoms with Gasteiger partial charge >= 0.3 is 0 Å². The van der Waals surface area contributed by atoms with Crippen molar-refractivity contribution in [3.05, 3.63) is 218 Å². The van der Waals surface area contributed by atoms with Gasteiger partial charge in [0.05, 0.1) is 22.4 Å². The van der Waals surface area contributed by atoms with Gasteiger partial charge in [-0.1, -0.05) is 164 Å². The second kappa shape index (κ2) is 13.6. The normalized spacial score (nSPS) is 11.5. The highest BCUT2D eigenvalue weighted by molar-refractivity contribution is 6.12. The van der Waals surface area contributed by atoms with Crippen molar-refractivity contribution in [1.29, 1.82) is 0 Å². The SMILES string of the molecule is c1ccc(-c2ccccc2N(c2ccc3c4ccccc4n(-c4ccccc4)c3c2)c2ccc(-c3cccc4c3oc3ccccc34)cc2-c2ccccc2)cc1. The molecule has 0 saturated heterocycles. The zero-order valence-corrected chi connectivity index (χ0v) is 31.1. The van der Waals surface area contributed by atoms with Crippen LogP contribution in [0, 0.1) is 0 Å². The lowest BCUT2D eigenvalue weighted by Crippen LogP contribution is -2.13. The van der Waals surface area contributed by atoms with Crippen molar-refractivity contribution in [2.45, 2.75) is 0 Å². The first-order valence-electron chi connectivity index (χ1n) is 19.4. The summed E-state index contributed by atoms with van der Waals surface area (Å²) < 4.78 is 8.96. The van der Waals surface area contributed by atoms with Gasteiger partial charge in [0.15, 0.2) is 0 Å². The number of fused-ring (bicyclic) bond motifs is 6. The van der Waals surface area contributed by atoms with E-state index in [0.29, 0.717) is 0 Å². The maximum Gasteiger partial charge on any atom is 0.143 e. The van der Waals surface area contributed by atoms with Gasteiger partial charge in [0, 0.05) is 49.6 Å². The standard InChI is InChI=1S/C54H36N2O/c1-4-17-37(18-5-1)42-23-10-13-28-49(42)56(41-32-33-45-44-24-11-14-29-50(44)55(52(45)36-41)40-21-8-3-9-22-40)51-34-31-39(35-48(51)38-19-6-2-7-20-38)43-26-16-27-47-46-25-12-15-30-53(46)57-54(43)47/h1-36H. The Balaban J connectivity index is 1.20. The van der Waals surface area contributed by atoms with Gasteiger partial charge in [0.2, 0.25) is 0 Å². The average Bonchev–Trinajstić information content (AvgIpc) is 3.83. The summed E-state index contributed by atoms with van der Waals surface area (Å²) in [5.74, 6) is 0. The van der Waals surface area contributed by atoms with Crippen LogP contribution in [-0.4, -0.2) is 4.57 Å². The summed E-state index contributed by atoms with van der Waals surface area (Å²) in [6.45, 7) is 0. The summed E-state index contributed by atoms with van der Waals surface area (Å²) >= 11 is 0. The number of hydrogen-bond donors (Lipinski definition) is 0. The van der Waals surface area contributed by atoms with Gasteiger partial charge in [-0.15, -0.1) is 0 Å². The van der Waals surface area contributed by atoms with E-state index in [1.165, 1.54) is 16.3 Å². The third kappa shape index (κ3) is 5.51. The molecule has 11 rings (SSSR count). The van der Waals surface area contributed by atoms with Crippen LogP contribution in [0.15, 0.2) is 223 Å². The molecule has 0 amide bonds. The minimum atomic E-state index is 0.895. The monoisotopic (exact) mass is 728 g/mol. The quantitative estimate of drug-likeness (QED) is 0.163. The summed E-state index contributed by atoms with van der Waals surface area (Å²) in [6, 6.07) is 78.2. The van der Waals surface area contributed by atoms with Crippen molar-refractivity contribution in [2.75, 3.05) is 4.90 Å². The fourth-order valence-electron chi connectivity index (χ4n) is 8.61. The van der Waals surface area contributed by atoms with Crippen molar-refractivity contribution in [1.82, 2.24) is 4.57 Å². The highest BCUT2D eigenvalue weighted by Gasteiger charge is 2.23. The summed E-state index contributed by atoms with van der Waals surface area (Å²) in [5, 5.41) is 4.69. The van der Waals surface area contributed by atoms with Gasteiger partial charge in [-0.2, -0.15) is 0 Å². The highest BCUT2D eigenvalue weighted by atomic mass is 16.3. The molecule has 0 aliphatic heterocycles. The molecule has 0 unspecified atom stereocenters. The Labute approximate surface area is 330 Å². The first-order chi connectivity index (χ1) is 28.3. The van der Waals surface area contributed by atoms with Crippen LogP contribution >= 0.6 is 0 Å². The van der Waals surface area contributed by atoms with Gasteiger partial charge in [-0.05, 0) is 71.3 Å². The molecule has 0 radical (unpaired) electrons. The summed E-state index contributed by atoms with van der Waals surface area (Å²) in [4.78, 5) is 2.45. The van der Waals surface area contributed by atoms with Crippen LogP contribution in [0.25, 0.3) is 82.8 Å². The minimum Gasteiger partial charge on any atom is -0.455 e. The molecule has 3 heteroatoms. The molecule has 268 valence electrons. The molecule has 0 atom stereocenters. The van der Waals surface area contributed by atoms with E-state index in [0.717, 1.165) is 83.6 Å². The van der Waals surface area contributed by atoms with Crippen LogP contribution < -0.4 is 4.90 Å². The Hall–Kier alpha value is -7.62. The molecule has 0 fully saturated rings. The Morgan fingerprint density at radius 2 is 0.947 bits per heavy atom. The van der Waals surface area contributed by atoms with Crippen LogP contribution in [0.3, 0.4) is 0 Å². The molecular weight excluding hydrogens is 693 g/mol. The van der Waals surface area contributed by atoms with Crippen molar-refractivity contribution < 1.29 is 4.42 Å². The predicted molar refractivity (Wildman–Crippen MR) is 239 cm³/mol. The molecule has 0 saturated carbocycles. The van der Waals surface area contributed by atoms with E-state index in [9.17, 15) is 0 Å². The molecule has 0 bridgehead atoms. The summed E-state index contributed by atoms with van der Waals surface area (Å²) in [7, 11) is 0. The van der Waals surface area contributed by atoms with Gasteiger partial charge in [0.25, 0.3) is 0 Å². The maximum absolute atomic E-state index is 6.57. The zero-order valence-electron chi connectivity index (χ0n) is 31.1. The third-order valence-corrected chi connectivity index (χ3v) is 11.2. The Kier molecular flexibility index (Phi) is 7.82. The molecule has 0 N–H and O–H groups in total. The number of hydrogen-bond acceptors (Lipinski definition) is 2. The maximum atomic E-state index is 6.57.